The van der Waals surface area contributed by atoms with Crippen molar-refractivity contribution < 1.29 is 22.4 Å². The summed E-state index contributed by atoms with van der Waals surface area (Å²) in [6.45, 7) is 0. The fourth-order valence-corrected chi connectivity index (χ4v) is 1.39. The molecule has 0 aliphatic rings. The van der Waals surface area contributed by atoms with E-state index in [2.05, 4.69) is 15.9 Å². The monoisotopic (exact) mass is 270 g/mol. The van der Waals surface area contributed by atoms with E-state index in [9.17, 15) is 22.4 Å². The number of halogens is 5. The van der Waals surface area contributed by atoms with Crippen molar-refractivity contribution in [2.24, 2.45) is 0 Å². The zero-order valence-corrected chi connectivity index (χ0v) is 8.12. The van der Waals surface area contributed by atoms with E-state index in [1.807, 2.05) is 0 Å². The Kier molecular flexibility index (Phi) is 2.94. The summed E-state index contributed by atoms with van der Waals surface area (Å²) in [5, 5.41) is 0. The van der Waals surface area contributed by atoms with Gasteiger partial charge in [-0.05, 0) is 28.1 Å². The third-order valence-electron chi connectivity index (χ3n) is 1.52. The zero-order valence-electron chi connectivity index (χ0n) is 6.53. The average Bonchev–Trinajstić information content (AvgIpc) is 2.01. The molecule has 0 aliphatic carbocycles. The topological polar surface area (TPSA) is 17.1 Å². The smallest absolute Gasteiger partial charge is 0.298 e. The average molecular weight is 271 g/mol. The molecule has 0 atom stereocenters. The summed E-state index contributed by atoms with van der Waals surface area (Å²) < 4.78 is 49.0. The van der Waals surface area contributed by atoms with E-state index >= 15 is 0 Å². The minimum absolute atomic E-state index is 0.152. The standard InChI is InChI=1S/C8H3BrF4O/c9-6-1-4(8(11,12)13)2-7(10)5(6)3-14/h1-3H. The van der Waals surface area contributed by atoms with Gasteiger partial charge in [-0.25, -0.2) is 4.39 Å². The molecule has 0 fully saturated rings. The van der Waals surface area contributed by atoms with Crippen LogP contribution in [0.25, 0.3) is 0 Å². The highest BCUT2D eigenvalue weighted by atomic mass is 79.9. The molecule has 0 spiro atoms. The summed E-state index contributed by atoms with van der Waals surface area (Å²) in [4.78, 5) is 10.3. The minimum Gasteiger partial charge on any atom is -0.298 e. The van der Waals surface area contributed by atoms with E-state index in [0.717, 1.165) is 0 Å². The lowest BCUT2D eigenvalue weighted by Crippen LogP contribution is -2.06. The lowest BCUT2D eigenvalue weighted by atomic mass is 10.1. The van der Waals surface area contributed by atoms with Crippen LogP contribution >= 0.6 is 15.9 Å². The number of benzene rings is 1. The zero-order chi connectivity index (χ0) is 10.9. The van der Waals surface area contributed by atoms with Crippen molar-refractivity contribution in [1.82, 2.24) is 0 Å². The summed E-state index contributed by atoms with van der Waals surface area (Å²) in [5.41, 5.74) is -1.55. The van der Waals surface area contributed by atoms with Gasteiger partial charge in [0.25, 0.3) is 0 Å². The van der Waals surface area contributed by atoms with Gasteiger partial charge in [-0.3, -0.25) is 4.79 Å². The number of hydrogen-bond acceptors (Lipinski definition) is 1. The largest absolute Gasteiger partial charge is 0.416 e. The van der Waals surface area contributed by atoms with Gasteiger partial charge in [-0.2, -0.15) is 13.2 Å². The van der Waals surface area contributed by atoms with Crippen LogP contribution in [0.2, 0.25) is 0 Å². The number of alkyl halides is 3. The third-order valence-corrected chi connectivity index (χ3v) is 2.18. The SMILES string of the molecule is O=Cc1c(F)cc(C(F)(F)F)cc1Br. The number of carbonyl (C=O) groups excluding carboxylic acids is 1. The fraction of sp³-hybridized carbons (Fsp3) is 0.125. The number of carbonyl (C=O) groups is 1. The molecule has 0 saturated carbocycles. The highest BCUT2D eigenvalue weighted by Gasteiger charge is 2.32. The molecule has 0 N–H and O–H groups in total. The van der Waals surface area contributed by atoms with Gasteiger partial charge in [0, 0.05) is 4.47 Å². The van der Waals surface area contributed by atoms with E-state index in [-0.39, 0.29) is 16.8 Å². The predicted octanol–water partition coefficient (Wildman–Crippen LogP) is 3.42. The highest BCUT2D eigenvalue weighted by molar-refractivity contribution is 9.10. The van der Waals surface area contributed by atoms with Crippen LogP contribution in [0.3, 0.4) is 0 Å². The van der Waals surface area contributed by atoms with Crippen molar-refractivity contribution in [3.05, 3.63) is 33.5 Å². The first kappa shape index (κ1) is 11.2. The van der Waals surface area contributed by atoms with Gasteiger partial charge in [0.1, 0.15) is 5.82 Å². The van der Waals surface area contributed by atoms with Crippen molar-refractivity contribution in [1.29, 1.82) is 0 Å². The summed E-state index contributed by atoms with van der Waals surface area (Å²) >= 11 is 2.68. The van der Waals surface area contributed by atoms with Crippen molar-refractivity contribution in [2.75, 3.05) is 0 Å². The Morgan fingerprint density at radius 2 is 1.86 bits per heavy atom. The molecular formula is C8H3BrF4O. The van der Waals surface area contributed by atoms with Crippen molar-refractivity contribution in [3.8, 4) is 0 Å². The Balaban J connectivity index is 3.35. The molecule has 76 valence electrons. The van der Waals surface area contributed by atoms with Crippen LogP contribution in [-0.4, -0.2) is 6.29 Å². The van der Waals surface area contributed by atoms with E-state index in [4.69, 9.17) is 0 Å². The molecule has 6 heteroatoms. The molecule has 0 bridgehead atoms. The lowest BCUT2D eigenvalue weighted by Gasteiger charge is -2.08. The molecule has 14 heavy (non-hydrogen) atoms. The van der Waals surface area contributed by atoms with Gasteiger partial charge in [0.05, 0.1) is 11.1 Å². The van der Waals surface area contributed by atoms with E-state index in [1.165, 1.54) is 0 Å². The van der Waals surface area contributed by atoms with Gasteiger partial charge in [0.15, 0.2) is 6.29 Å². The predicted molar refractivity (Wildman–Crippen MR) is 44.5 cm³/mol. The summed E-state index contributed by atoms with van der Waals surface area (Å²) in [7, 11) is 0. The highest BCUT2D eigenvalue weighted by Crippen LogP contribution is 2.33. The second-order valence-electron chi connectivity index (χ2n) is 2.47. The van der Waals surface area contributed by atoms with Gasteiger partial charge in [-0.15, -0.1) is 0 Å². The van der Waals surface area contributed by atoms with Crippen LogP contribution < -0.4 is 0 Å². The second-order valence-corrected chi connectivity index (χ2v) is 3.32. The van der Waals surface area contributed by atoms with Crippen LogP contribution in [0.1, 0.15) is 15.9 Å². The molecule has 1 nitrogen and oxygen atoms in total. The maximum absolute atomic E-state index is 12.9. The molecule has 1 aromatic rings. The van der Waals surface area contributed by atoms with Gasteiger partial charge in [-0.1, -0.05) is 0 Å². The minimum atomic E-state index is -4.62. The van der Waals surface area contributed by atoms with Crippen LogP contribution in [-0.2, 0) is 6.18 Å². The number of hydrogen-bond donors (Lipinski definition) is 0. The normalized spacial score (nSPS) is 11.5. The first-order valence-electron chi connectivity index (χ1n) is 3.37. The molecule has 1 aromatic carbocycles. The van der Waals surface area contributed by atoms with Crippen molar-refractivity contribution >= 4 is 22.2 Å². The lowest BCUT2D eigenvalue weighted by molar-refractivity contribution is -0.137. The van der Waals surface area contributed by atoms with Crippen molar-refractivity contribution in [3.63, 3.8) is 0 Å². The second kappa shape index (κ2) is 3.68. The van der Waals surface area contributed by atoms with Gasteiger partial charge in [0.2, 0.25) is 0 Å². The first-order chi connectivity index (χ1) is 6.36. The molecule has 0 amide bonds. The summed E-state index contributed by atoms with van der Waals surface area (Å²) in [5.74, 6) is -1.19. The Hall–Kier alpha value is -0.910. The van der Waals surface area contributed by atoms with Crippen LogP contribution in [0.5, 0.6) is 0 Å². The Morgan fingerprint density at radius 1 is 1.29 bits per heavy atom. The van der Waals surface area contributed by atoms with Gasteiger partial charge >= 0.3 is 6.18 Å². The maximum atomic E-state index is 12.9. The fourth-order valence-electron chi connectivity index (χ4n) is 0.861. The molecule has 0 saturated heterocycles. The van der Waals surface area contributed by atoms with E-state index in [1.54, 1.807) is 0 Å². The Labute approximate surface area is 84.9 Å². The van der Waals surface area contributed by atoms with Gasteiger partial charge < -0.3 is 0 Å². The first-order valence-corrected chi connectivity index (χ1v) is 4.17. The molecule has 0 aromatic heterocycles. The van der Waals surface area contributed by atoms with Crippen LogP contribution in [0, 0.1) is 5.82 Å². The Bertz CT molecular complexity index is 349. The summed E-state index contributed by atoms with van der Waals surface area (Å²) in [6.07, 6.45) is -4.47. The maximum Gasteiger partial charge on any atom is 0.416 e. The third kappa shape index (κ3) is 2.12. The van der Waals surface area contributed by atoms with Crippen LogP contribution in [0.15, 0.2) is 16.6 Å². The molecule has 1 rings (SSSR count). The molecule has 0 aliphatic heterocycles. The molecule has 0 radical (unpaired) electrons. The number of aldehydes is 1. The molecule has 0 heterocycles. The molecular weight excluding hydrogens is 268 g/mol. The van der Waals surface area contributed by atoms with E-state index in [0.29, 0.717) is 6.07 Å². The summed E-state index contributed by atoms with van der Waals surface area (Å²) in [6, 6.07) is 0.946. The van der Waals surface area contributed by atoms with Crippen molar-refractivity contribution in [2.45, 2.75) is 6.18 Å². The Morgan fingerprint density at radius 3 is 2.21 bits per heavy atom. The number of rotatable bonds is 1. The van der Waals surface area contributed by atoms with E-state index < -0.39 is 23.1 Å². The quantitative estimate of drug-likeness (QED) is 0.565. The van der Waals surface area contributed by atoms with Crippen LogP contribution in [0.4, 0.5) is 17.6 Å². The molecule has 0 unspecified atom stereocenters.